The number of carbonyl (C=O) groups excluding carboxylic acids is 1. The summed E-state index contributed by atoms with van der Waals surface area (Å²) >= 11 is 0. The van der Waals surface area contributed by atoms with Crippen molar-refractivity contribution in [3.63, 3.8) is 0 Å². The number of fused-ring (bicyclic) bond motifs is 5. The molecule has 0 unspecified atom stereocenters. The summed E-state index contributed by atoms with van der Waals surface area (Å²) in [5, 5.41) is 11.3. The molecule has 0 saturated heterocycles. The summed E-state index contributed by atoms with van der Waals surface area (Å²) in [5.41, 5.74) is 0.0995. The third-order valence-electron chi connectivity index (χ3n) is 9.86. The summed E-state index contributed by atoms with van der Waals surface area (Å²) in [5.74, 6) is 2.89. The number of rotatable bonds is 2. The van der Waals surface area contributed by atoms with Crippen LogP contribution in [0.15, 0.2) is 0 Å². The molecule has 3 nitrogen and oxygen atoms in total. The molecule has 8 atom stereocenters. The second kappa shape index (κ2) is 6.22. The van der Waals surface area contributed by atoms with Crippen LogP contribution in [0.5, 0.6) is 0 Å². The SMILES string of the molecule is CC[C@]1(O)CC[C@@H]2[C@@H]3CC[C@@H]4C[C@H](OC(C)=O)CC[C@]4(C)[C@@H]3CC[C@]21C. The zero-order valence-corrected chi connectivity index (χ0v) is 17.2. The summed E-state index contributed by atoms with van der Waals surface area (Å²) in [6.07, 6.45) is 11.7. The number of aliphatic hydroxyl groups is 1. The quantitative estimate of drug-likeness (QED) is 0.695. The Morgan fingerprint density at radius 3 is 2.46 bits per heavy atom. The maximum atomic E-state index is 11.4. The molecule has 4 rings (SSSR count). The fourth-order valence-corrected chi connectivity index (χ4v) is 8.25. The third-order valence-corrected chi connectivity index (χ3v) is 9.86. The first kappa shape index (κ1) is 18.8. The summed E-state index contributed by atoms with van der Waals surface area (Å²) in [4.78, 5) is 11.4. The first-order valence-electron chi connectivity index (χ1n) is 11.1. The van der Waals surface area contributed by atoms with E-state index in [1.807, 2.05) is 0 Å². The molecule has 4 aliphatic rings. The van der Waals surface area contributed by atoms with Gasteiger partial charge in [-0.3, -0.25) is 4.79 Å². The maximum Gasteiger partial charge on any atom is 0.302 e. The van der Waals surface area contributed by atoms with Gasteiger partial charge in [0.15, 0.2) is 0 Å². The lowest BCUT2D eigenvalue weighted by molar-refractivity contribution is -0.169. The Kier molecular flexibility index (Phi) is 4.49. The molecule has 0 radical (unpaired) electrons. The normalized spacial score (nSPS) is 53.3. The molecule has 148 valence electrons. The topological polar surface area (TPSA) is 46.5 Å². The predicted molar refractivity (Wildman–Crippen MR) is 103 cm³/mol. The van der Waals surface area contributed by atoms with Gasteiger partial charge in [0.25, 0.3) is 0 Å². The average Bonchev–Trinajstić information content (AvgIpc) is 2.87. The number of ether oxygens (including phenoxy) is 1. The molecule has 26 heavy (non-hydrogen) atoms. The van der Waals surface area contributed by atoms with Gasteiger partial charge in [-0.05, 0) is 98.7 Å². The fourth-order valence-electron chi connectivity index (χ4n) is 8.25. The van der Waals surface area contributed by atoms with Gasteiger partial charge in [-0.25, -0.2) is 0 Å². The van der Waals surface area contributed by atoms with Gasteiger partial charge >= 0.3 is 5.97 Å². The molecule has 4 fully saturated rings. The van der Waals surface area contributed by atoms with Crippen LogP contribution in [0, 0.1) is 34.5 Å². The summed E-state index contributed by atoms with van der Waals surface area (Å²) in [6, 6.07) is 0. The van der Waals surface area contributed by atoms with E-state index >= 15 is 0 Å². The van der Waals surface area contributed by atoms with Crippen molar-refractivity contribution in [2.45, 2.75) is 104 Å². The van der Waals surface area contributed by atoms with Gasteiger partial charge in [0, 0.05) is 6.92 Å². The van der Waals surface area contributed by atoms with Gasteiger partial charge in [-0.15, -0.1) is 0 Å². The van der Waals surface area contributed by atoms with Crippen molar-refractivity contribution in [1.29, 1.82) is 0 Å². The van der Waals surface area contributed by atoms with Crippen LogP contribution in [-0.2, 0) is 9.53 Å². The molecule has 0 heterocycles. The third kappa shape index (κ3) is 2.52. The number of carbonyl (C=O) groups is 1. The fraction of sp³-hybridized carbons (Fsp3) is 0.957. The van der Waals surface area contributed by atoms with Gasteiger partial charge in [-0.2, -0.15) is 0 Å². The van der Waals surface area contributed by atoms with E-state index in [-0.39, 0.29) is 17.5 Å². The molecular weight excluding hydrogens is 324 g/mol. The van der Waals surface area contributed by atoms with Gasteiger partial charge < -0.3 is 9.84 Å². The minimum atomic E-state index is -0.437. The van der Waals surface area contributed by atoms with Gasteiger partial charge in [-0.1, -0.05) is 20.8 Å². The lowest BCUT2D eigenvalue weighted by Gasteiger charge is -2.61. The number of esters is 1. The van der Waals surface area contributed by atoms with Crippen LogP contribution in [0.4, 0.5) is 0 Å². The van der Waals surface area contributed by atoms with Crippen molar-refractivity contribution < 1.29 is 14.6 Å². The van der Waals surface area contributed by atoms with E-state index in [9.17, 15) is 9.90 Å². The van der Waals surface area contributed by atoms with E-state index in [0.29, 0.717) is 17.3 Å². The van der Waals surface area contributed by atoms with Crippen LogP contribution in [-0.4, -0.2) is 22.8 Å². The van der Waals surface area contributed by atoms with Crippen LogP contribution in [0.3, 0.4) is 0 Å². The van der Waals surface area contributed by atoms with Crippen molar-refractivity contribution >= 4 is 5.97 Å². The van der Waals surface area contributed by atoms with Crippen LogP contribution >= 0.6 is 0 Å². The molecule has 0 aliphatic heterocycles. The highest BCUT2D eigenvalue weighted by atomic mass is 16.5. The zero-order chi connectivity index (χ0) is 18.7. The highest BCUT2D eigenvalue weighted by molar-refractivity contribution is 5.66. The summed E-state index contributed by atoms with van der Waals surface area (Å²) in [6.45, 7) is 8.66. The van der Waals surface area contributed by atoms with Gasteiger partial charge in [0.2, 0.25) is 0 Å². The van der Waals surface area contributed by atoms with Gasteiger partial charge in [0.1, 0.15) is 6.10 Å². The first-order chi connectivity index (χ1) is 12.2. The number of hydrogen-bond acceptors (Lipinski definition) is 3. The minimum Gasteiger partial charge on any atom is -0.463 e. The Morgan fingerprint density at radius 2 is 1.77 bits per heavy atom. The zero-order valence-electron chi connectivity index (χ0n) is 17.2. The Morgan fingerprint density at radius 1 is 1.04 bits per heavy atom. The highest BCUT2D eigenvalue weighted by Gasteiger charge is 2.64. The molecule has 4 saturated carbocycles. The van der Waals surface area contributed by atoms with Crippen molar-refractivity contribution in [3.05, 3.63) is 0 Å². The van der Waals surface area contributed by atoms with E-state index in [2.05, 4.69) is 20.8 Å². The summed E-state index contributed by atoms with van der Waals surface area (Å²) < 4.78 is 5.58. The lowest BCUT2D eigenvalue weighted by atomic mass is 9.44. The highest BCUT2D eigenvalue weighted by Crippen LogP contribution is 2.68. The smallest absolute Gasteiger partial charge is 0.302 e. The van der Waals surface area contributed by atoms with E-state index in [1.165, 1.54) is 38.5 Å². The van der Waals surface area contributed by atoms with Crippen molar-refractivity contribution in [1.82, 2.24) is 0 Å². The van der Waals surface area contributed by atoms with E-state index < -0.39 is 5.60 Å². The molecule has 0 amide bonds. The van der Waals surface area contributed by atoms with Crippen LogP contribution in [0.1, 0.15) is 91.9 Å². The second-order valence-electron chi connectivity index (χ2n) is 10.5. The van der Waals surface area contributed by atoms with E-state index in [4.69, 9.17) is 4.74 Å². The van der Waals surface area contributed by atoms with E-state index in [0.717, 1.165) is 37.5 Å². The molecule has 0 bridgehead atoms. The molecule has 0 aromatic carbocycles. The minimum absolute atomic E-state index is 0.120. The first-order valence-corrected chi connectivity index (χ1v) is 11.1. The predicted octanol–water partition coefficient (Wildman–Crippen LogP) is 5.10. The molecule has 0 spiro atoms. The monoisotopic (exact) mass is 362 g/mol. The van der Waals surface area contributed by atoms with Crippen LogP contribution in [0.2, 0.25) is 0 Å². The molecule has 4 aliphatic carbocycles. The van der Waals surface area contributed by atoms with Crippen molar-refractivity contribution in [2.75, 3.05) is 0 Å². The van der Waals surface area contributed by atoms with Crippen LogP contribution < -0.4 is 0 Å². The molecule has 1 N–H and O–H groups in total. The Bertz CT molecular complexity index is 574. The van der Waals surface area contributed by atoms with Crippen LogP contribution in [0.25, 0.3) is 0 Å². The number of hydrogen-bond donors (Lipinski definition) is 1. The molecule has 0 aromatic rings. The molecule has 0 aromatic heterocycles. The Hall–Kier alpha value is -0.570. The Labute approximate surface area is 159 Å². The van der Waals surface area contributed by atoms with Gasteiger partial charge in [0.05, 0.1) is 5.60 Å². The lowest BCUT2D eigenvalue weighted by Crippen LogP contribution is -2.56. The molecule has 3 heteroatoms. The van der Waals surface area contributed by atoms with Crippen molar-refractivity contribution in [2.24, 2.45) is 34.5 Å². The van der Waals surface area contributed by atoms with Crippen molar-refractivity contribution in [3.8, 4) is 0 Å². The average molecular weight is 363 g/mol. The van der Waals surface area contributed by atoms with E-state index in [1.54, 1.807) is 6.92 Å². The maximum absolute atomic E-state index is 11.4. The standard InChI is InChI=1S/C23H38O3/c1-5-23(25)13-10-20-18-7-6-16-14-17(26-15(2)24)8-11-21(16,3)19(18)9-12-22(20,23)4/h16-20,25H,5-14H2,1-4H3/t16-,17-,18-,19-,20-,21+,22-,23+/m1/s1. The Balaban J connectivity index is 1.55. The largest absolute Gasteiger partial charge is 0.463 e. The molecular formula is C23H38O3. The second-order valence-corrected chi connectivity index (χ2v) is 10.5. The summed E-state index contributed by atoms with van der Waals surface area (Å²) in [7, 11) is 0.